The zero-order valence-electron chi connectivity index (χ0n) is 9.56. The topological polar surface area (TPSA) is 52.6 Å². The van der Waals surface area contributed by atoms with E-state index in [9.17, 15) is 9.90 Å². The van der Waals surface area contributed by atoms with E-state index < -0.39 is 17.1 Å². The molecule has 5 heteroatoms. The molecule has 1 saturated heterocycles. The van der Waals surface area contributed by atoms with Gasteiger partial charge in [-0.1, -0.05) is 30.3 Å². The second-order valence-corrected chi connectivity index (χ2v) is 4.70. The van der Waals surface area contributed by atoms with Crippen molar-refractivity contribution >= 4 is 17.7 Å². The van der Waals surface area contributed by atoms with Gasteiger partial charge in [0.2, 0.25) is 0 Å². The Kier molecular flexibility index (Phi) is 3.26. The van der Waals surface area contributed by atoms with Crippen LogP contribution < -0.4 is 5.32 Å². The summed E-state index contributed by atoms with van der Waals surface area (Å²) in [5, 5.41) is 12.4. The van der Waals surface area contributed by atoms with Crippen LogP contribution in [0.15, 0.2) is 30.3 Å². The monoisotopic (exact) mass is 254 g/mol. The lowest BCUT2D eigenvalue weighted by Gasteiger charge is -2.47. The largest absolute Gasteiger partial charge is 0.465 e. The van der Waals surface area contributed by atoms with E-state index >= 15 is 0 Å². The summed E-state index contributed by atoms with van der Waals surface area (Å²) in [6, 6.07) is 9.48. The lowest BCUT2D eigenvalue weighted by atomic mass is 9.88. The lowest BCUT2D eigenvalue weighted by Crippen LogP contribution is -2.63. The molecule has 1 aliphatic rings. The minimum absolute atomic E-state index is 0.434. The molecule has 0 aromatic heterocycles. The van der Waals surface area contributed by atoms with Gasteiger partial charge in [-0.2, -0.15) is 0 Å². The molecule has 92 valence electrons. The molecule has 1 fully saturated rings. The van der Waals surface area contributed by atoms with Crippen molar-refractivity contribution < 1.29 is 9.90 Å². The van der Waals surface area contributed by atoms with Crippen LogP contribution in [0.25, 0.3) is 0 Å². The molecule has 0 saturated carbocycles. The highest BCUT2D eigenvalue weighted by atomic mass is 35.5. The number of hydrogen-bond acceptors (Lipinski definition) is 2. The average Bonchev–Trinajstić information content (AvgIpc) is 2.33. The van der Waals surface area contributed by atoms with Gasteiger partial charge < -0.3 is 5.11 Å². The summed E-state index contributed by atoms with van der Waals surface area (Å²) in [6.07, 6.45) is -0.941. The Balaban J connectivity index is 2.45. The van der Waals surface area contributed by atoms with Gasteiger partial charge in [0, 0.05) is 13.1 Å². The van der Waals surface area contributed by atoms with Crippen molar-refractivity contribution in [2.45, 2.75) is 18.0 Å². The van der Waals surface area contributed by atoms with Crippen LogP contribution in [-0.2, 0) is 5.54 Å². The molecule has 1 aliphatic heterocycles. The molecule has 17 heavy (non-hydrogen) atoms. The van der Waals surface area contributed by atoms with Gasteiger partial charge in [0.15, 0.2) is 0 Å². The molecular formula is C12H15ClN2O2. The van der Waals surface area contributed by atoms with Crippen molar-refractivity contribution in [1.82, 2.24) is 10.2 Å². The Morgan fingerprint density at radius 3 is 2.76 bits per heavy atom. The maximum absolute atomic E-state index is 11.3. The predicted octanol–water partition coefficient (Wildman–Crippen LogP) is 2.05. The summed E-state index contributed by atoms with van der Waals surface area (Å²) in [4.78, 5) is 12.7. The van der Waals surface area contributed by atoms with Crippen LogP contribution in [0.2, 0.25) is 0 Å². The first-order chi connectivity index (χ1) is 8.06. The van der Waals surface area contributed by atoms with Crippen molar-refractivity contribution in [3.8, 4) is 0 Å². The quantitative estimate of drug-likeness (QED) is 0.596. The molecule has 0 radical (unpaired) electrons. The number of halogens is 1. The van der Waals surface area contributed by atoms with E-state index in [1.807, 2.05) is 37.3 Å². The molecule has 1 amide bonds. The van der Waals surface area contributed by atoms with Crippen molar-refractivity contribution in [2.24, 2.45) is 0 Å². The Hall–Kier alpha value is -1.26. The van der Waals surface area contributed by atoms with Gasteiger partial charge in [-0.25, -0.2) is 4.79 Å². The zero-order valence-corrected chi connectivity index (χ0v) is 10.3. The molecule has 0 spiro atoms. The summed E-state index contributed by atoms with van der Waals surface area (Å²) in [7, 11) is 0. The number of nitrogens with zero attached hydrogens (tertiary/aromatic N) is 1. The number of alkyl halides is 1. The van der Waals surface area contributed by atoms with Gasteiger partial charge in [0.05, 0.1) is 5.54 Å². The Morgan fingerprint density at radius 1 is 1.53 bits per heavy atom. The van der Waals surface area contributed by atoms with Gasteiger partial charge in [0.1, 0.15) is 5.50 Å². The molecule has 1 aromatic carbocycles. The smallest absolute Gasteiger partial charge is 0.408 e. The number of rotatable bonds is 1. The first-order valence-corrected chi connectivity index (χ1v) is 5.94. The van der Waals surface area contributed by atoms with E-state index in [4.69, 9.17) is 11.6 Å². The van der Waals surface area contributed by atoms with E-state index in [-0.39, 0.29) is 0 Å². The molecule has 2 atom stereocenters. The fourth-order valence-corrected chi connectivity index (χ4v) is 2.60. The minimum atomic E-state index is -0.941. The van der Waals surface area contributed by atoms with Crippen LogP contribution in [0.4, 0.5) is 4.79 Å². The lowest BCUT2D eigenvalue weighted by molar-refractivity contribution is 0.0554. The molecule has 2 rings (SSSR count). The molecule has 2 unspecified atom stereocenters. The number of hydrogen-bond donors (Lipinski definition) is 2. The summed E-state index contributed by atoms with van der Waals surface area (Å²) in [5.74, 6) is 0. The van der Waals surface area contributed by atoms with E-state index in [2.05, 4.69) is 5.32 Å². The van der Waals surface area contributed by atoms with Gasteiger partial charge in [0.25, 0.3) is 0 Å². The van der Waals surface area contributed by atoms with Crippen LogP contribution in [0.5, 0.6) is 0 Å². The normalized spacial score (nSPS) is 29.1. The molecular weight excluding hydrogens is 240 g/mol. The van der Waals surface area contributed by atoms with Crippen LogP contribution in [-0.4, -0.2) is 34.7 Å². The van der Waals surface area contributed by atoms with Crippen LogP contribution >= 0.6 is 11.6 Å². The fraction of sp³-hybridized carbons (Fsp3) is 0.417. The summed E-state index contributed by atoms with van der Waals surface area (Å²) in [6.45, 7) is 2.85. The summed E-state index contributed by atoms with van der Waals surface area (Å²) in [5.41, 5.74) is -0.281. The average molecular weight is 255 g/mol. The number of amides is 1. The van der Waals surface area contributed by atoms with Crippen molar-refractivity contribution in [1.29, 1.82) is 0 Å². The molecule has 1 heterocycles. The van der Waals surface area contributed by atoms with E-state index in [0.29, 0.717) is 13.1 Å². The Morgan fingerprint density at radius 2 is 2.18 bits per heavy atom. The van der Waals surface area contributed by atoms with Crippen molar-refractivity contribution in [2.75, 3.05) is 13.1 Å². The van der Waals surface area contributed by atoms with Crippen LogP contribution in [0.1, 0.15) is 12.5 Å². The SMILES string of the molecule is CC1(c2ccccc2)C(Cl)NCCN1C(=O)O. The van der Waals surface area contributed by atoms with Gasteiger partial charge in [-0.15, -0.1) is 11.6 Å². The molecule has 1 aromatic rings. The third-order valence-corrected chi connectivity index (χ3v) is 3.88. The standard InChI is InChI=1S/C12H15ClN2O2/c1-12(9-5-3-2-4-6-9)10(13)14-7-8-15(12)11(16)17/h2-6,10,14H,7-8H2,1H3,(H,16,17). The molecule has 0 aliphatic carbocycles. The van der Waals surface area contributed by atoms with E-state index in [1.54, 1.807) is 0 Å². The third kappa shape index (κ3) is 1.98. The van der Waals surface area contributed by atoms with Gasteiger partial charge >= 0.3 is 6.09 Å². The van der Waals surface area contributed by atoms with E-state index in [0.717, 1.165) is 5.56 Å². The minimum Gasteiger partial charge on any atom is -0.465 e. The maximum Gasteiger partial charge on any atom is 0.408 e. The first-order valence-electron chi connectivity index (χ1n) is 5.50. The fourth-order valence-electron chi connectivity index (χ4n) is 2.24. The molecule has 0 bridgehead atoms. The van der Waals surface area contributed by atoms with Crippen LogP contribution in [0, 0.1) is 0 Å². The van der Waals surface area contributed by atoms with E-state index in [1.165, 1.54) is 4.90 Å². The number of nitrogens with one attached hydrogen (secondary N) is 1. The number of benzene rings is 1. The van der Waals surface area contributed by atoms with Gasteiger partial charge in [-0.05, 0) is 12.5 Å². The molecule has 2 N–H and O–H groups in total. The zero-order chi connectivity index (χ0) is 12.5. The number of carboxylic acid groups (broad SMARTS) is 1. The third-order valence-electron chi connectivity index (χ3n) is 3.30. The Bertz CT molecular complexity index is 412. The summed E-state index contributed by atoms with van der Waals surface area (Å²) < 4.78 is 0. The van der Waals surface area contributed by atoms with Crippen molar-refractivity contribution in [3.05, 3.63) is 35.9 Å². The second kappa shape index (κ2) is 4.55. The highest BCUT2D eigenvalue weighted by Crippen LogP contribution is 2.35. The van der Waals surface area contributed by atoms with Crippen LogP contribution in [0.3, 0.4) is 0 Å². The Labute approximate surface area is 105 Å². The number of piperazine rings is 1. The highest BCUT2D eigenvalue weighted by Gasteiger charge is 2.45. The second-order valence-electron chi connectivity index (χ2n) is 4.26. The first kappa shape index (κ1) is 12.2. The number of carbonyl (C=O) groups is 1. The highest BCUT2D eigenvalue weighted by molar-refractivity contribution is 6.21. The molecule has 4 nitrogen and oxygen atoms in total. The predicted molar refractivity (Wildman–Crippen MR) is 66.2 cm³/mol. The summed E-state index contributed by atoms with van der Waals surface area (Å²) >= 11 is 6.28. The maximum atomic E-state index is 11.3. The van der Waals surface area contributed by atoms with Gasteiger partial charge in [-0.3, -0.25) is 10.2 Å². The van der Waals surface area contributed by atoms with Crippen molar-refractivity contribution in [3.63, 3.8) is 0 Å².